The summed E-state index contributed by atoms with van der Waals surface area (Å²) >= 11 is 0. The first-order chi connectivity index (χ1) is 13.8. The molecular weight excluding hydrogens is 390 g/mol. The number of benzene rings is 2. The van der Waals surface area contributed by atoms with Gasteiger partial charge in [-0.15, -0.1) is 0 Å². The molecule has 9 heteroatoms. The molecule has 0 aliphatic carbocycles. The van der Waals surface area contributed by atoms with Gasteiger partial charge in [0.05, 0.1) is 11.5 Å². The first kappa shape index (κ1) is 18.6. The molecule has 1 atom stereocenters. The van der Waals surface area contributed by atoms with Gasteiger partial charge in [-0.3, -0.25) is 0 Å². The van der Waals surface area contributed by atoms with Crippen molar-refractivity contribution in [1.82, 2.24) is 4.98 Å². The number of para-hydroxylation sites is 2. The van der Waals surface area contributed by atoms with Crippen LogP contribution in [-0.4, -0.2) is 11.2 Å². The Hall–Kier alpha value is -3.80. The van der Waals surface area contributed by atoms with E-state index in [4.69, 9.17) is 14.9 Å². The summed E-state index contributed by atoms with van der Waals surface area (Å²) in [6, 6.07) is 12.9. The van der Waals surface area contributed by atoms with Crippen LogP contribution >= 0.6 is 0 Å². The molecule has 0 amide bonds. The molecule has 29 heavy (non-hydrogen) atoms. The van der Waals surface area contributed by atoms with E-state index in [2.05, 4.69) is 4.98 Å². The molecule has 1 aliphatic rings. The summed E-state index contributed by atoms with van der Waals surface area (Å²) in [6.45, 7) is 0. The molecule has 3 aromatic rings. The van der Waals surface area contributed by atoms with Crippen molar-refractivity contribution in [2.75, 3.05) is 0 Å². The van der Waals surface area contributed by atoms with E-state index >= 15 is 0 Å². The lowest BCUT2D eigenvalue weighted by molar-refractivity contribution is -0.124. The lowest BCUT2D eigenvalue weighted by Crippen LogP contribution is -2.27. The third-order valence-corrected chi connectivity index (χ3v) is 4.40. The Balaban J connectivity index is 2.03. The summed E-state index contributed by atoms with van der Waals surface area (Å²) < 4.78 is 65.2. The van der Waals surface area contributed by atoms with Gasteiger partial charge in [0.1, 0.15) is 23.0 Å². The van der Waals surface area contributed by atoms with E-state index in [9.17, 15) is 22.8 Å². The number of ether oxygens (including phenoxy) is 1. The molecule has 2 N–H and O–H groups in total. The average molecular weight is 401 g/mol. The molecule has 0 saturated carbocycles. The van der Waals surface area contributed by atoms with Gasteiger partial charge in [0.25, 0.3) is 0 Å². The number of alkyl halides is 3. The van der Waals surface area contributed by atoms with Crippen LogP contribution in [0.2, 0.25) is 0 Å². The number of oxazole rings is 1. The molecule has 0 unspecified atom stereocenters. The Morgan fingerprint density at radius 3 is 2.38 bits per heavy atom. The van der Waals surface area contributed by atoms with Crippen molar-refractivity contribution in [3.63, 3.8) is 0 Å². The second kappa shape index (κ2) is 6.67. The molecule has 1 aliphatic heterocycles. The zero-order valence-corrected chi connectivity index (χ0v) is 14.5. The minimum atomic E-state index is -4.94. The summed E-state index contributed by atoms with van der Waals surface area (Å²) in [4.78, 5) is 4.14. The number of nitrogens with two attached hydrogens (primary N) is 1. The van der Waals surface area contributed by atoms with Crippen LogP contribution in [0.15, 0.2) is 70.2 Å². The first-order valence-corrected chi connectivity index (χ1v) is 8.30. The van der Waals surface area contributed by atoms with E-state index in [0.29, 0.717) is 5.52 Å². The summed E-state index contributed by atoms with van der Waals surface area (Å²) in [5.41, 5.74) is 5.65. The number of fused-ring (bicyclic) bond motifs is 1. The molecular formula is C20H11F4N3O2. The summed E-state index contributed by atoms with van der Waals surface area (Å²) in [5, 5.41) is 9.54. The van der Waals surface area contributed by atoms with E-state index in [1.54, 1.807) is 30.3 Å². The largest absolute Gasteiger partial charge is 0.450 e. The predicted molar refractivity (Wildman–Crippen MR) is 94.0 cm³/mol. The highest BCUT2D eigenvalue weighted by Gasteiger charge is 2.47. The predicted octanol–water partition coefficient (Wildman–Crippen LogP) is 4.75. The fraction of sp³-hybridized carbons (Fsp3) is 0.100. The van der Waals surface area contributed by atoms with Crippen LogP contribution in [0.5, 0.6) is 0 Å². The number of hydrogen-bond donors (Lipinski definition) is 1. The number of rotatable bonds is 2. The van der Waals surface area contributed by atoms with Crippen LogP contribution < -0.4 is 5.73 Å². The molecule has 2 heterocycles. The van der Waals surface area contributed by atoms with E-state index in [1.165, 1.54) is 12.1 Å². The highest BCUT2D eigenvalue weighted by molar-refractivity contribution is 5.81. The molecule has 0 fully saturated rings. The van der Waals surface area contributed by atoms with Crippen molar-refractivity contribution < 1.29 is 26.7 Å². The highest BCUT2D eigenvalue weighted by atomic mass is 19.4. The van der Waals surface area contributed by atoms with Crippen molar-refractivity contribution in [2.45, 2.75) is 12.1 Å². The van der Waals surface area contributed by atoms with Gasteiger partial charge in [-0.05, 0) is 29.8 Å². The van der Waals surface area contributed by atoms with E-state index in [1.807, 2.05) is 0 Å². The van der Waals surface area contributed by atoms with Crippen molar-refractivity contribution >= 4 is 16.7 Å². The monoisotopic (exact) mass is 401 g/mol. The van der Waals surface area contributed by atoms with Crippen molar-refractivity contribution in [2.24, 2.45) is 5.73 Å². The zero-order valence-electron chi connectivity index (χ0n) is 14.5. The van der Waals surface area contributed by atoms with Crippen LogP contribution in [0.1, 0.15) is 17.4 Å². The standard InChI is InChI=1S/C20H11F4N3O2/c21-11-7-5-10(6-8-11)15-12(9-25)18(26)29-17(20(22,23)24)16(15)19-27-13-3-1-2-4-14(13)28-19/h1-8,15H,26H2/t15-/m1/s1. The van der Waals surface area contributed by atoms with E-state index in [0.717, 1.165) is 12.1 Å². The van der Waals surface area contributed by atoms with Gasteiger partial charge < -0.3 is 14.9 Å². The normalized spacial score (nSPS) is 17.4. The van der Waals surface area contributed by atoms with Crippen LogP contribution in [0.25, 0.3) is 16.7 Å². The number of halogens is 4. The Bertz CT molecular complexity index is 1170. The van der Waals surface area contributed by atoms with Crippen LogP contribution in [0, 0.1) is 17.1 Å². The van der Waals surface area contributed by atoms with E-state index < -0.39 is 35.1 Å². The molecule has 0 saturated heterocycles. The van der Waals surface area contributed by atoms with Gasteiger partial charge in [0.2, 0.25) is 17.5 Å². The quantitative estimate of drug-likeness (QED) is 0.627. The second-order valence-electron chi connectivity index (χ2n) is 6.20. The first-order valence-electron chi connectivity index (χ1n) is 8.30. The Kier molecular flexibility index (Phi) is 4.27. The van der Waals surface area contributed by atoms with Gasteiger partial charge >= 0.3 is 6.18 Å². The lowest BCUT2D eigenvalue weighted by atomic mass is 9.82. The lowest BCUT2D eigenvalue weighted by Gasteiger charge is -2.28. The third-order valence-electron chi connectivity index (χ3n) is 4.40. The molecule has 0 spiro atoms. The number of aromatic nitrogens is 1. The molecule has 4 rings (SSSR count). The number of nitriles is 1. The minimum absolute atomic E-state index is 0.202. The van der Waals surface area contributed by atoms with Crippen molar-refractivity contribution in [3.8, 4) is 6.07 Å². The van der Waals surface area contributed by atoms with Crippen LogP contribution in [0.4, 0.5) is 17.6 Å². The van der Waals surface area contributed by atoms with Crippen molar-refractivity contribution in [3.05, 3.63) is 83.0 Å². The van der Waals surface area contributed by atoms with E-state index in [-0.39, 0.29) is 22.6 Å². The smallest absolute Gasteiger partial charge is 0.436 e. The number of allylic oxidation sites excluding steroid dienone is 3. The SMILES string of the molecule is N#CC1=C(N)OC(C(F)(F)F)=C(c2nc3ccccc3o2)[C@@H]1c1ccc(F)cc1. The molecule has 0 bridgehead atoms. The van der Waals surface area contributed by atoms with Gasteiger partial charge in [0, 0.05) is 0 Å². The molecule has 5 nitrogen and oxygen atoms in total. The average Bonchev–Trinajstić information content (AvgIpc) is 3.11. The molecule has 2 aromatic carbocycles. The molecule has 0 radical (unpaired) electrons. The van der Waals surface area contributed by atoms with Crippen molar-refractivity contribution in [1.29, 1.82) is 5.26 Å². The molecule has 1 aromatic heterocycles. The number of nitrogens with zero attached hydrogens (tertiary/aromatic N) is 2. The maximum absolute atomic E-state index is 13.8. The van der Waals surface area contributed by atoms with Gasteiger partial charge in [-0.2, -0.15) is 18.4 Å². The Morgan fingerprint density at radius 1 is 1.07 bits per heavy atom. The third kappa shape index (κ3) is 3.18. The fourth-order valence-electron chi connectivity index (χ4n) is 3.16. The zero-order chi connectivity index (χ0) is 20.8. The topological polar surface area (TPSA) is 85.1 Å². The summed E-state index contributed by atoms with van der Waals surface area (Å²) in [6.07, 6.45) is -4.94. The number of hydrogen-bond acceptors (Lipinski definition) is 5. The molecule has 146 valence electrons. The summed E-state index contributed by atoms with van der Waals surface area (Å²) in [7, 11) is 0. The Morgan fingerprint density at radius 2 is 1.76 bits per heavy atom. The minimum Gasteiger partial charge on any atom is -0.436 e. The van der Waals surface area contributed by atoms with Gasteiger partial charge in [0.15, 0.2) is 5.58 Å². The summed E-state index contributed by atoms with van der Waals surface area (Å²) in [5.74, 6) is -4.38. The highest BCUT2D eigenvalue weighted by Crippen LogP contribution is 2.48. The van der Waals surface area contributed by atoms with Crippen LogP contribution in [-0.2, 0) is 4.74 Å². The van der Waals surface area contributed by atoms with Crippen LogP contribution in [0.3, 0.4) is 0 Å². The van der Waals surface area contributed by atoms with Gasteiger partial charge in [-0.1, -0.05) is 24.3 Å². The Labute approximate surface area is 161 Å². The maximum Gasteiger partial charge on any atom is 0.450 e. The maximum atomic E-state index is 13.8. The fourth-order valence-corrected chi connectivity index (χ4v) is 3.16. The second-order valence-corrected chi connectivity index (χ2v) is 6.20. The van der Waals surface area contributed by atoms with Gasteiger partial charge in [-0.25, -0.2) is 9.37 Å².